The van der Waals surface area contributed by atoms with Crippen molar-refractivity contribution in [1.29, 1.82) is 0 Å². The first-order chi connectivity index (χ1) is 9.20. The molecule has 0 radical (unpaired) electrons. The molecule has 112 valence electrons. The first-order valence-corrected chi connectivity index (χ1v) is 7.91. The van der Waals surface area contributed by atoms with Gasteiger partial charge in [-0.1, -0.05) is 6.92 Å². The molecule has 0 unspecified atom stereocenters. The summed E-state index contributed by atoms with van der Waals surface area (Å²) in [4.78, 5) is 4.97. The Balaban J connectivity index is 1.72. The summed E-state index contributed by atoms with van der Waals surface area (Å²) in [5, 5.41) is 0. The standard InChI is InChI=1S/C15H31N3O/c1-3-18-8-6-15(13-16,7-9-18)17(2)10-11-19-12-14-4-5-14/h14H,3-13,16H2,1-2H3. The van der Waals surface area contributed by atoms with Gasteiger partial charge in [0.05, 0.1) is 6.61 Å². The minimum Gasteiger partial charge on any atom is -0.380 e. The van der Waals surface area contributed by atoms with Crippen LogP contribution in [0.4, 0.5) is 0 Å². The number of piperidine rings is 1. The molecule has 1 aliphatic carbocycles. The Hall–Kier alpha value is -0.160. The minimum absolute atomic E-state index is 0.203. The smallest absolute Gasteiger partial charge is 0.0593 e. The third-order valence-electron chi connectivity index (χ3n) is 5.05. The van der Waals surface area contributed by atoms with Gasteiger partial charge in [-0.3, -0.25) is 4.90 Å². The van der Waals surface area contributed by atoms with E-state index in [1.807, 2.05) is 0 Å². The lowest BCUT2D eigenvalue weighted by atomic mass is 9.86. The highest BCUT2D eigenvalue weighted by Crippen LogP contribution is 2.29. The Morgan fingerprint density at radius 1 is 1.32 bits per heavy atom. The molecule has 1 saturated heterocycles. The monoisotopic (exact) mass is 269 g/mol. The van der Waals surface area contributed by atoms with Crippen LogP contribution in [0.2, 0.25) is 0 Å². The van der Waals surface area contributed by atoms with Gasteiger partial charge >= 0.3 is 0 Å². The van der Waals surface area contributed by atoms with Crippen molar-refractivity contribution in [3.63, 3.8) is 0 Å². The molecule has 1 heterocycles. The second-order valence-electron chi connectivity index (χ2n) is 6.30. The molecule has 0 amide bonds. The van der Waals surface area contributed by atoms with E-state index in [9.17, 15) is 0 Å². The number of likely N-dealkylation sites (N-methyl/N-ethyl adjacent to an activating group) is 1. The zero-order valence-electron chi connectivity index (χ0n) is 12.7. The van der Waals surface area contributed by atoms with E-state index >= 15 is 0 Å². The lowest BCUT2D eigenvalue weighted by Crippen LogP contribution is -2.58. The van der Waals surface area contributed by atoms with Gasteiger partial charge in [-0.25, -0.2) is 0 Å². The molecular weight excluding hydrogens is 238 g/mol. The first kappa shape index (κ1) is 15.2. The van der Waals surface area contributed by atoms with Gasteiger partial charge in [0.1, 0.15) is 0 Å². The maximum absolute atomic E-state index is 6.09. The average Bonchev–Trinajstić information content (AvgIpc) is 3.27. The molecule has 4 heteroatoms. The SMILES string of the molecule is CCN1CCC(CN)(N(C)CCOCC2CC2)CC1. The zero-order chi connectivity index (χ0) is 13.7. The van der Waals surface area contributed by atoms with Gasteiger partial charge in [0, 0.05) is 25.2 Å². The molecular formula is C15H31N3O. The molecule has 0 spiro atoms. The molecule has 0 bridgehead atoms. The van der Waals surface area contributed by atoms with Crippen molar-refractivity contribution in [3.05, 3.63) is 0 Å². The van der Waals surface area contributed by atoms with Gasteiger partial charge in [-0.15, -0.1) is 0 Å². The lowest BCUT2D eigenvalue weighted by molar-refractivity contribution is 0.0205. The van der Waals surface area contributed by atoms with Gasteiger partial charge in [0.2, 0.25) is 0 Å². The summed E-state index contributed by atoms with van der Waals surface area (Å²) in [6.45, 7) is 9.36. The molecule has 1 saturated carbocycles. The third kappa shape index (κ3) is 4.15. The summed E-state index contributed by atoms with van der Waals surface area (Å²) in [5.41, 5.74) is 6.29. The Morgan fingerprint density at radius 2 is 2.00 bits per heavy atom. The fourth-order valence-electron chi connectivity index (χ4n) is 3.00. The van der Waals surface area contributed by atoms with E-state index in [2.05, 4.69) is 23.8 Å². The highest BCUT2D eigenvalue weighted by molar-refractivity contribution is 4.95. The van der Waals surface area contributed by atoms with Crippen LogP contribution in [0.5, 0.6) is 0 Å². The number of ether oxygens (including phenoxy) is 1. The van der Waals surface area contributed by atoms with E-state index in [-0.39, 0.29) is 5.54 Å². The summed E-state index contributed by atoms with van der Waals surface area (Å²) >= 11 is 0. The normalized spacial score (nSPS) is 24.0. The summed E-state index contributed by atoms with van der Waals surface area (Å²) in [7, 11) is 2.22. The Bertz CT molecular complexity index is 260. The van der Waals surface area contributed by atoms with Crippen LogP contribution in [0.15, 0.2) is 0 Å². The van der Waals surface area contributed by atoms with Crippen molar-refractivity contribution >= 4 is 0 Å². The number of hydrogen-bond acceptors (Lipinski definition) is 4. The van der Waals surface area contributed by atoms with Crippen LogP contribution in [0.1, 0.15) is 32.6 Å². The fraction of sp³-hybridized carbons (Fsp3) is 1.00. The molecule has 4 nitrogen and oxygen atoms in total. The highest BCUT2D eigenvalue weighted by Gasteiger charge is 2.36. The molecule has 2 N–H and O–H groups in total. The number of rotatable bonds is 8. The van der Waals surface area contributed by atoms with Crippen LogP contribution in [-0.4, -0.2) is 68.3 Å². The summed E-state index contributed by atoms with van der Waals surface area (Å²) in [6.07, 6.45) is 5.12. The molecule has 0 aromatic carbocycles. The van der Waals surface area contributed by atoms with Crippen LogP contribution in [0.3, 0.4) is 0 Å². The van der Waals surface area contributed by atoms with Crippen LogP contribution in [0, 0.1) is 5.92 Å². The largest absolute Gasteiger partial charge is 0.380 e. The topological polar surface area (TPSA) is 41.7 Å². The third-order valence-corrected chi connectivity index (χ3v) is 5.05. The van der Waals surface area contributed by atoms with Crippen molar-refractivity contribution < 1.29 is 4.74 Å². The van der Waals surface area contributed by atoms with Crippen molar-refractivity contribution in [3.8, 4) is 0 Å². The minimum atomic E-state index is 0.203. The highest BCUT2D eigenvalue weighted by atomic mass is 16.5. The van der Waals surface area contributed by atoms with Crippen molar-refractivity contribution in [2.75, 3.05) is 53.0 Å². The van der Waals surface area contributed by atoms with E-state index < -0.39 is 0 Å². The van der Waals surface area contributed by atoms with E-state index in [4.69, 9.17) is 10.5 Å². The van der Waals surface area contributed by atoms with Crippen LogP contribution >= 0.6 is 0 Å². The van der Waals surface area contributed by atoms with Crippen molar-refractivity contribution in [2.24, 2.45) is 11.7 Å². The molecule has 19 heavy (non-hydrogen) atoms. The van der Waals surface area contributed by atoms with Gasteiger partial charge < -0.3 is 15.4 Å². The Kier molecular flexibility index (Phi) is 5.63. The van der Waals surface area contributed by atoms with Gasteiger partial charge in [-0.05, 0) is 58.3 Å². The fourth-order valence-corrected chi connectivity index (χ4v) is 3.00. The second kappa shape index (κ2) is 7.02. The van der Waals surface area contributed by atoms with Crippen LogP contribution in [0.25, 0.3) is 0 Å². The quantitative estimate of drug-likeness (QED) is 0.671. The molecule has 2 aliphatic rings. The predicted molar refractivity (Wildman–Crippen MR) is 79.3 cm³/mol. The van der Waals surface area contributed by atoms with E-state index in [0.29, 0.717) is 0 Å². The van der Waals surface area contributed by atoms with Crippen molar-refractivity contribution in [2.45, 2.75) is 38.1 Å². The second-order valence-corrected chi connectivity index (χ2v) is 6.30. The molecule has 0 aromatic heterocycles. The van der Waals surface area contributed by atoms with Gasteiger partial charge in [0.25, 0.3) is 0 Å². The number of nitrogens with two attached hydrogens (primary N) is 1. The summed E-state index contributed by atoms with van der Waals surface area (Å²) in [6, 6.07) is 0. The predicted octanol–water partition coefficient (Wildman–Crippen LogP) is 1.16. The maximum atomic E-state index is 6.09. The molecule has 0 aromatic rings. The number of nitrogens with zero attached hydrogens (tertiary/aromatic N) is 2. The van der Waals surface area contributed by atoms with E-state index in [1.165, 1.54) is 38.8 Å². The average molecular weight is 269 g/mol. The van der Waals surface area contributed by atoms with Crippen LogP contribution < -0.4 is 5.73 Å². The maximum Gasteiger partial charge on any atom is 0.0593 e. The van der Waals surface area contributed by atoms with Gasteiger partial charge in [-0.2, -0.15) is 0 Å². The van der Waals surface area contributed by atoms with E-state index in [1.54, 1.807) is 0 Å². The lowest BCUT2D eigenvalue weighted by Gasteiger charge is -2.46. The number of hydrogen-bond donors (Lipinski definition) is 1. The van der Waals surface area contributed by atoms with Gasteiger partial charge in [0.15, 0.2) is 0 Å². The van der Waals surface area contributed by atoms with E-state index in [0.717, 1.165) is 38.8 Å². The Labute approximate surface area is 118 Å². The van der Waals surface area contributed by atoms with Crippen molar-refractivity contribution in [1.82, 2.24) is 9.80 Å². The Morgan fingerprint density at radius 3 is 2.53 bits per heavy atom. The molecule has 1 aliphatic heterocycles. The molecule has 0 atom stereocenters. The zero-order valence-corrected chi connectivity index (χ0v) is 12.7. The molecule has 2 rings (SSSR count). The number of likely N-dealkylation sites (tertiary alicyclic amines) is 1. The first-order valence-electron chi connectivity index (χ1n) is 7.91. The summed E-state index contributed by atoms with van der Waals surface area (Å²) < 4.78 is 5.76. The summed E-state index contributed by atoms with van der Waals surface area (Å²) in [5.74, 6) is 0.863. The van der Waals surface area contributed by atoms with Crippen LogP contribution in [-0.2, 0) is 4.74 Å². The molecule has 2 fully saturated rings.